The molecule has 6 heteroatoms. The first kappa shape index (κ1) is 19.2. The first-order valence-corrected chi connectivity index (χ1v) is 9.49. The molecule has 0 radical (unpaired) electrons. The Kier molecular flexibility index (Phi) is 7.29. The van der Waals surface area contributed by atoms with Crippen molar-refractivity contribution in [2.75, 3.05) is 5.32 Å². The highest BCUT2D eigenvalue weighted by Gasteiger charge is 2.17. The van der Waals surface area contributed by atoms with E-state index in [9.17, 15) is 13.2 Å². The van der Waals surface area contributed by atoms with Crippen molar-refractivity contribution in [3.63, 3.8) is 0 Å². The molecule has 128 valence electrons. The van der Waals surface area contributed by atoms with Crippen molar-refractivity contribution in [2.24, 2.45) is 0 Å². The molecule has 0 saturated carbocycles. The molecule has 0 bridgehead atoms. The quantitative estimate of drug-likeness (QED) is 0.713. The van der Waals surface area contributed by atoms with Gasteiger partial charge in [0.1, 0.15) is 0 Å². The number of anilines is 1. The Hall–Kier alpha value is -1.82. The van der Waals surface area contributed by atoms with Crippen molar-refractivity contribution in [3.05, 3.63) is 42.5 Å². The molecule has 0 aliphatic heterocycles. The summed E-state index contributed by atoms with van der Waals surface area (Å²) in [7, 11) is -3.17. The molecule has 5 nitrogen and oxygen atoms in total. The highest BCUT2D eigenvalue weighted by Crippen LogP contribution is 2.16. The van der Waals surface area contributed by atoms with Crippen molar-refractivity contribution in [2.45, 2.75) is 50.7 Å². The van der Waals surface area contributed by atoms with Crippen molar-refractivity contribution < 1.29 is 13.2 Å². The number of hydrogen-bond acceptors (Lipinski definition) is 3. The Labute approximate surface area is 139 Å². The molecule has 0 saturated heterocycles. The van der Waals surface area contributed by atoms with Gasteiger partial charge in [-0.15, -0.1) is 6.58 Å². The van der Waals surface area contributed by atoms with Gasteiger partial charge in [-0.25, -0.2) is 13.2 Å². The highest BCUT2D eigenvalue weighted by molar-refractivity contribution is 7.91. The van der Waals surface area contributed by atoms with Crippen LogP contribution in [0.3, 0.4) is 0 Å². The van der Waals surface area contributed by atoms with Gasteiger partial charge in [0, 0.05) is 11.7 Å². The number of urea groups is 1. The van der Waals surface area contributed by atoms with E-state index in [0.29, 0.717) is 17.7 Å². The molecule has 1 rings (SSSR count). The summed E-state index contributed by atoms with van der Waals surface area (Å²) in [5, 5.41) is 5.18. The smallest absolute Gasteiger partial charge is 0.319 e. The van der Waals surface area contributed by atoms with E-state index < -0.39 is 15.1 Å². The van der Waals surface area contributed by atoms with E-state index in [1.807, 2.05) is 6.92 Å². The van der Waals surface area contributed by atoms with Gasteiger partial charge in [0.25, 0.3) is 0 Å². The molecule has 0 fully saturated rings. The van der Waals surface area contributed by atoms with E-state index in [1.165, 1.54) is 0 Å². The minimum atomic E-state index is -3.17. The van der Waals surface area contributed by atoms with Crippen molar-refractivity contribution in [3.8, 4) is 0 Å². The Morgan fingerprint density at radius 1 is 1.35 bits per heavy atom. The van der Waals surface area contributed by atoms with E-state index in [-0.39, 0.29) is 17.8 Å². The van der Waals surface area contributed by atoms with Crippen LogP contribution >= 0.6 is 0 Å². The number of carbonyl (C=O) groups is 1. The van der Waals surface area contributed by atoms with Crippen LogP contribution in [0.15, 0.2) is 36.9 Å². The number of nitrogens with one attached hydrogen (secondary N) is 2. The zero-order chi connectivity index (χ0) is 17.5. The molecule has 2 N–H and O–H groups in total. The lowest BCUT2D eigenvalue weighted by atomic mass is 10.1. The third kappa shape index (κ3) is 6.44. The first-order chi connectivity index (χ1) is 10.8. The van der Waals surface area contributed by atoms with Crippen LogP contribution in [0, 0.1) is 0 Å². The van der Waals surface area contributed by atoms with E-state index in [1.54, 1.807) is 44.2 Å². The SMILES string of the molecule is C=CC[C@H](CC)NC(=O)Nc1cccc(CS(=O)(=O)C(C)C)c1. The van der Waals surface area contributed by atoms with Crippen LogP contribution in [0.25, 0.3) is 0 Å². The highest BCUT2D eigenvalue weighted by atomic mass is 32.2. The van der Waals surface area contributed by atoms with Gasteiger partial charge in [-0.3, -0.25) is 0 Å². The van der Waals surface area contributed by atoms with Crippen molar-refractivity contribution in [1.82, 2.24) is 5.32 Å². The molecule has 23 heavy (non-hydrogen) atoms. The van der Waals surface area contributed by atoms with Crippen LogP contribution < -0.4 is 10.6 Å². The number of carbonyl (C=O) groups excluding carboxylic acids is 1. The molecule has 1 aromatic carbocycles. The topological polar surface area (TPSA) is 75.3 Å². The van der Waals surface area contributed by atoms with Gasteiger partial charge in [-0.2, -0.15) is 0 Å². The number of hydrogen-bond donors (Lipinski definition) is 2. The Morgan fingerprint density at radius 3 is 2.61 bits per heavy atom. The molecular weight excluding hydrogens is 312 g/mol. The van der Waals surface area contributed by atoms with Gasteiger partial charge >= 0.3 is 6.03 Å². The lowest BCUT2D eigenvalue weighted by Gasteiger charge is -2.16. The van der Waals surface area contributed by atoms with E-state index in [2.05, 4.69) is 17.2 Å². The van der Waals surface area contributed by atoms with Crippen LogP contribution in [0.2, 0.25) is 0 Å². The van der Waals surface area contributed by atoms with Crippen LogP contribution in [-0.4, -0.2) is 25.7 Å². The standard InChI is InChI=1S/C17H26N2O3S/c1-5-8-15(6-2)18-17(20)19-16-10-7-9-14(11-16)12-23(21,22)13(3)4/h5,7,9-11,13,15H,1,6,8,12H2,2-4H3,(H2,18,19,20)/t15-/m0/s1. The maximum atomic E-state index is 12.0. The molecule has 0 aromatic heterocycles. The zero-order valence-electron chi connectivity index (χ0n) is 14.0. The summed E-state index contributed by atoms with van der Waals surface area (Å²) < 4.78 is 24.0. The monoisotopic (exact) mass is 338 g/mol. The Morgan fingerprint density at radius 2 is 2.04 bits per heavy atom. The van der Waals surface area contributed by atoms with Gasteiger partial charge < -0.3 is 10.6 Å². The fraction of sp³-hybridized carbons (Fsp3) is 0.471. The van der Waals surface area contributed by atoms with Crippen LogP contribution in [0.4, 0.5) is 10.5 Å². The lowest BCUT2D eigenvalue weighted by Crippen LogP contribution is -2.37. The third-order valence-electron chi connectivity index (χ3n) is 3.55. The van der Waals surface area contributed by atoms with Gasteiger partial charge in [0.15, 0.2) is 9.84 Å². The summed E-state index contributed by atoms with van der Waals surface area (Å²) >= 11 is 0. The maximum absolute atomic E-state index is 12.0. The average molecular weight is 338 g/mol. The second kappa shape index (κ2) is 8.72. The summed E-state index contributed by atoms with van der Waals surface area (Å²) in [5.74, 6) is -0.0319. The van der Waals surface area contributed by atoms with Crippen molar-refractivity contribution in [1.29, 1.82) is 0 Å². The lowest BCUT2D eigenvalue weighted by molar-refractivity contribution is 0.248. The molecule has 0 aliphatic carbocycles. The maximum Gasteiger partial charge on any atom is 0.319 e. The predicted molar refractivity (Wildman–Crippen MR) is 95.2 cm³/mol. The molecular formula is C17H26N2O3S. The minimum Gasteiger partial charge on any atom is -0.335 e. The average Bonchev–Trinajstić information content (AvgIpc) is 2.46. The Bertz CT molecular complexity index is 639. The molecule has 1 atom stereocenters. The zero-order valence-corrected chi connectivity index (χ0v) is 14.8. The normalized spacial score (nSPS) is 12.7. The second-order valence-electron chi connectivity index (χ2n) is 5.78. The van der Waals surface area contributed by atoms with Crippen LogP contribution in [0.5, 0.6) is 0 Å². The third-order valence-corrected chi connectivity index (χ3v) is 5.72. The van der Waals surface area contributed by atoms with Crippen LogP contribution in [0.1, 0.15) is 39.2 Å². The summed E-state index contributed by atoms with van der Waals surface area (Å²) in [6, 6.07) is 6.64. The van der Waals surface area contributed by atoms with Gasteiger partial charge in [-0.1, -0.05) is 25.1 Å². The van der Waals surface area contributed by atoms with E-state index in [0.717, 1.165) is 6.42 Å². The Balaban J connectivity index is 2.74. The number of benzene rings is 1. The fourth-order valence-corrected chi connectivity index (χ4v) is 3.00. The second-order valence-corrected chi connectivity index (χ2v) is 8.34. The molecule has 0 aliphatic rings. The van der Waals surface area contributed by atoms with Gasteiger partial charge in [0.05, 0.1) is 11.0 Å². The molecule has 2 amide bonds. The minimum absolute atomic E-state index is 0.0319. The number of rotatable bonds is 8. The fourth-order valence-electron chi connectivity index (χ4n) is 2.02. The summed E-state index contributed by atoms with van der Waals surface area (Å²) in [6.07, 6.45) is 3.29. The van der Waals surface area contributed by atoms with E-state index >= 15 is 0 Å². The summed E-state index contributed by atoms with van der Waals surface area (Å²) in [4.78, 5) is 12.0. The molecule has 0 heterocycles. The first-order valence-electron chi connectivity index (χ1n) is 7.77. The van der Waals surface area contributed by atoms with Crippen LogP contribution in [-0.2, 0) is 15.6 Å². The molecule has 0 spiro atoms. The summed E-state index contributed by atoms with van der Waals surface area (Å²) in [6.45, 7) is 8.99. The summed E-state index contributed by atoms with van der Waals surface area (Å²) in [5.41, 5.74) is 1.24. The van der Waals surface area contributed by atoms with Crippen molar-refractivity contribution >= 4 is 21.6 Å². The number of sulfone groups is 1. The number of amides is 2. The van der Waals surface area contributed by atoms with Gasteiger partial charge in [0.2, 0.25) is 0 Å². The molecule has 0 unspecified atom stereocenters. The van der Waals surface area contributed by atoms with Gasteiger partial charge in [-0.05, 0) is 44.4 Å². The predicted octanol–water partition coefficient (Wildman–Crippen LogP) is 3.49. The molecule has 1 aromatic rings. The largest absolute Gasteiger partial charge is 0.335 e. The van der Waals surface area contributed by atoms with E-state index in [4.69, 9.17) is 0 Å².